The first-order valence-corrected chi connectivity index (χ1v) is 8.83. The highest BCUT2D eigenvalue weighted by Gasteiger charge is 2.18. The summed E-state index contributed by atoms with van der Waals surface area (Å²) in [5, 5.41) is 8.90. The van der Waals surface area contributed by atoms with E-state index < -0.39 is 10.0 Å². The molecule has 0 saturated heterocycles. The Morgan fingerprint density at radius 3 is 2.70 bits per heavy atom. The Balaban J connectivity index is 2.24. The molecule has 0 aliphatic carbocycles. The highest BCUT2D eigenvalue weighted by molar-refractivity contribution is 9.11. The summed E-state index contributed by atoms with van der Waals surface area (Å²) in [5.74, 6) is 0. The second kappa shape index (κ2) is 6.24. The molecule has 2 rings (SSSR count). The number of thiophene rings is 1. The fourth-order valence-electron chi connectivity index (χ4n) is 1.47. The van der Waals surface area contributed by atoms with E-state index in [9.17, 15) is 8.42 Å². The molecule has 0 fully saturated rings. The average molecular weight is 392 g/mol. The minimum Gasteiger partial charge on any atom is -0.207 e. The van der Waals surface area contributed by atoms with Gasteiger partial charge in [-0.15, -0.1) is 11.3 Å². The lowest BCUT2D eigenvalue weighted by molar-refractivity contribution is 0.582. The Morgan fingerprint density at radius 1 is 1.35 bits per heavy atom. The maximum atomic E-state index is 12.2. The molecule has 0 unspecified atom stereocenters. The topological polar surface area (TPSA) is 70.0 Å². The molecule has 1 aromatic carbocycles. The van der Waals surface area contributed by atoms with Crippen molar-refractivity contribution in [2.45, 2.75) is 11.4 Å². The normalized spacial score (nSPS) is 11.2. The highest BCUT2D eigenvalue weighted by atomic mass is 79.9. The minimum absolute atomic E-state index is 0.0869. The van der Waals surface area contributed by atoms with Gasteiger partial charge in [0.2, 0.25) is 10.0 Å². The van der Waals surface area contributed by atoms with Crippen LogP contribution in [0, 0.1) is 11.3 Å². The molecule has 0 bridgehead atoms. The van der Waals surface area contributed by atoms with Gasteiger partial charge in [-0.3, -0.25) is 0 Å². The Morgan fingerprint density at radius 2 is 2.10 bits per heavy atom. The molecule has 0 aliphatic rings. The van der Waals surface area contributed by atoms with Crippen LogP contribution in [-0.2, 0) is 16.6 Å². The molecule has 1 aromatic heterocycles. The van der Waals surface area contributed by atoms with Gasteiger partial charge in [0.15, 0.2) is 0 Å². The molecule has 0 amide bonds. The fourth-order valence-corrected chi connectivity index (χ4v) is 4.51. The predicted octanol–water partition coefficient (Wildman–Crippen LogP) is 3.51. The van der Waals surface area contributed by atoms with Gasteiger partial charge in [-0.05, 0) is 46.3 Å². The smallest absolute Gasteiger partial charge is 0.207 e. The van der Waals surface area contributed by atoms with Crippen molar-refractivity contribution in [2.24, 2.45) is 0 Å². The summed E-state index contributed by atoms with van der Waals surface area (Å²) in [6.07, 6.45) is 0. The van der Waals surface area contributed by atoms with E-state index >= 15 is 0 Å². The summed E-state index contributed by atoms with van der Waals surface area (Å²) in [6.45, 7) is 0.172. The summed E-state index contributed by atoms with van der Waals surface area (Å²) in [5.41, 5.74) is 0.244. The lowest BCUT2D eigenvalue weighted by Gasteiger charge is -2.07. The number of benzene rings is 1. The van der Waals surface area contributed by atoms with Gasteiger partial charge in [0, 0.05) is 11.4 Å². The molecule has 1 N–H and O–H groups in total. The van der Waals surface area contributed by atoms with Gasteiger partial charge in [-0.1, -0.05) is 11.6 Å². The number of nitrogens with one attached hydrogen (secondary N) is 1. The van der Waals surface area contributed by atoms with E-state index in [1.54, 1.807) is 0 Å². The van der Waals surface area contributed by atoms with Crippen molar-refractivity contribution in [3.05, 3.63) is 49.6 Å². The number of hydrogen-bond acceptors (Lipinski definition) is 4. The van der Waals surface area contributed by atoms with E-state index in [2.05, 4.69) is 20.7 Å². The summed E-state index contributed by atoms with van der Waals surface area (Å²) < 4.78 is 27.8. The largest absolute Gasteiger partial charge is 0.242 e. The zero-order valence-electron chi connectivity index (χ0n) is 9.93. The van der Waals surface area contributed by atoms with Crippen LogP contribution in [0.4, 0.5) is 0 Å². The molecule has 104 valence electrons. The van der Waals surface area contributed by atoms with Crippen molar-refractivity contribution in [1.82, 2.24) is 4.72 Å². The molecule has 0 saturated carbocycles. The van der Waals surface area contributed by atoms with E-state index in [1.807, 2.05) is 18.2 Å². The Bertz CT molecular complexity index is 781. The van der Waals surface area contributed by atoms with Crippen molar-refractivity contribution < 1.29 is 8.42 Å². The molecule has 0 aliphatic heterocycles. The first-order valence-electron chi connectivity index (χ1n) is 5.36. The number of sulfonamides is 1. The fraction of sp³-hybridized carbons (Fsp3) is 0.0833. The summed E-state index contributed by atoms with van der Waals surface area (Å²) in [7, 11) is -3.75. The first kappa shape index (κ1) is 15.5. The summed E-state index contributed by atoms with van der Waals surface area (Å²) in [6, 6.07) is 9.69. The Hall–Kier alpha value is -0.910. The van der Waals surface area contributed by atoms with Crippen LogP contribution in [0.5, 0.6) is 0 Å². The monoisotopic (exact) mass is 390 g/mol. The van der Waals surface area contributed by atoms with E-state index in [4.69, 9.17) is 16.9 Å². The van der Waals surface area contributed by atoms with E-state index in [0.29, 0.717) is 0 Å². The molecule has 0 spiro atoms. The van der Waals surface area contributed by atoms with Crippen LogP contribution in [0.2, 0.25) is 5.02 Å². The van der Waals surface area contributed by atoms with Crippen LogP contribution in [0.1, 0.15) is 10.4 Å². The lowest BCUT2D eigenvalue weighted by atomic mass is 10.2. The number of hydrogen-bond donors (Lipinski definition) is 1. The maximum absolute atomic E-state index is 12.2. The minimum atomic E-state index is -3.75. The SMILES string of the molecule is N#Cc1ccc(Cl)c(S(=O)(=O)NCc2ccc(Br)s2)c1. The third kappa shape index (κ3) is 3.59. The van der Waals surface area contributed by atoms with Gasteiger partial charge >= 0.3 is 0 Å². The standard InChI is InChI=1S/C12H8BrClN2O2S2/c13-12-4-2-9(19-12)7-16-20(17,18)11-5-8(6-15)1-3-10(11)14/h1-5,16H,7H2. The van der Waals surface area contributed by atoms with E-state index in [1.165, 1.54) is 29.5 Å². The Kier molecular flexibility index (Phi) is 4.83. The zero-order chi connectivity index (χ0) is 14.8. The highest BCUT2D eigenvalue weighted by Crippen LogP contribution is 2.24. The molecular formula is C12H8BrClN2O2S2. The van der Waals surface area contributed by atoms with Crippen molar-refractivity contribution in [3.8, 4) is 6.07 Å². The number of nitrogens with zero attached hydrogens (tertiary/aromatic N) is 1. The molecule has 4 nitrogen and oxygen atoms in total. The predicted molar refractivity (Wildman–Crippen MR) is 82.2 cm³/mol. The van der Waals surface area contributed by atoms with Crippen molar-refractivity contribution in [2.75, 3.05) is 0 Å². The van der Waals surface area contributed by atoms with Gasteiger partial charge in [0.1, 0.15) is 4.90 Å². The maximum Gasteiger partial charge on any atom is 0.242 e. The van der Waals surface area contributed by atoms with Crippen molar-refractivity contribution in [3.63, 3.8) is 0 Å². The van der Waals surface area contributed by atoms with Gasteiger partial charge in [0.05, 0.1) is 20.4 Å². The van der Waals surface area contributed by atoms with Crippen molar-refractivity contribution >= 4 is 48.9 Å². The first-order chi connectivity index (χ1) is 9.42. The molecule has 0 atom stereocenters. The Labute approximate surface area is 134 Å². The van der Waals surface area contributed by atoms with Gasteiger partial charge < -0.3 is 0 Å². The van der Waals surface area contributed by atoms with E-state index in [0.717, 1.165) is 8.66 Å². The van der Waals surface area contributed by atoms with E-state index in [-0.39, 0.29) is 22.0 Å². The molecule has 20 heavy (non-hydrogen) atoms. The summed E-state index contributed by atoms with van der Waals surface area (Å²) in [4.78, 5) is 0.779. The average Bonchev–Trinajstić information content (AvgIpc) is 2.83. The third-order valence-electron chi connectivity index (χ3n) is 2.42. The third-order valence-corrected chi connectivity index (χ3v) is 5.92. The molecular weight excluding hydrogens is 384 g/mol. The van der Waals surface area contributed by atoms with Crippen molar-refractivity contribution in [1.29, 1.82) is 5.26 Å². The van der Waals surface area contributed by atoms with Crippen LogP contribution in [-0.4, -0.2) is 8.42 Å². The van der Waals surface area contributed by atoms with Crippen LogP contribution >= 0.6 is 38.9 Å². The van der Waals surface area contributed by atoms with Gasteiger partial charge in [-0.2, -0.15) is 5.26 Å². The van der Waals surface area contributed by atoms with Gasteiger partial charge in [-0.25, -0.2) is 13.1 Å². The van der Waals surface area contributed by atoms with Crippen LogP contribution in [0.3, 0.4) is 0 Å². The molecule has 8 heteroatoms. The van der Waals surface area contributed by atoms with Crippen LogP contribution < -0.4 is 4.72 Å². The van der Waals surface area contributed by atoms with Crippen LogP contribution in [0.15, 0.2) is 39.0 Å². The second-order valence-corrected chi connectivity index (χ2v) is 8.48. The zero-order valence-corrected chi connectivity index (χ0v) is 13.9. The van der Waals surface area contributed by atoms with Crippen LogP contribution in [0.25, 0.3) is 0 Å². The number of nitriles is 1. The van der Waals surface area contributed by atoms with Gasteiger partial charge in [0.25, 0.3) is 0 Å². The molecule has 2 aromatic rings. The number of rotatable bonds is 4. The second-order valence-electron chi connectivity index (χ2n) is 3.79. The summed E-state index contributed by atoms with van der Waals surface area (Å²) >= 11 is 10.6. The quantitative estimate of drug-likeness (QED) is 0.867. The number of halogens is 2. The lowest BCUT2D eigenvalue weighted by Crippen LogP contribution is -2.23. The molecule has 0 radical (unpaired) electrons. The molecule has 1 heterocycles.